The fourth-order valence-electron chi connectivity index (χ4n) is 4.55. The van der Waals surface area contributed by atoms with Gasteiger partial charge in [-0.05, 0) is 31.9 Å². The monoisotopic (exact) mass is 312 g/mol. The van der Waals surface area contributed by atoms with Crippen LogP contribution in [0.25, 0.3) is 10.9 Å². The van der Waals surface area contributed by atoms with Crippen molar-refractivity contribution in [2.24, 2.45) is 12.1 Å². The van der Waals surface area contributed by atoms with Crippen LogP contribution in [0.3, 0.4) is 0 Å². The van der Waals surface area contributed by atoms with Crippen molar-refractivity contribution >= 4 is 22.6 Å². The molecule has 1 saturated heterocycles. The van der Waals surface area contributed by atoms with E-state index in [-0.39, 0.29) is 11.4 Å². The van der Waals surface area contributed by atoms with Gasteiger partial charge < -0.3 is 9.47 Å². The molecule has 5 rings (SSSR count). The van der Waals surface area contributed by atoms with Crippen LogP contribution in [-0.4, -0.2) is 33.3 Å². The first-order valence-corrected chi connectivity index (χ1v) is 7.96. The molecule has 118 valence electrons. The number of rotatable bonds is 0. The SMILES string of the molecule is Cn1c2c3c4c(cc(F)cc41)C(=O)NN=C3N1CCC[C@]1(C)C2. The van der Waals surface area contributed by atoms with Crippen LogP contribution in [0.5, 0.6) is 0 Å². The molecule has 0 spiro atoms. The first kappa shape index (κ1) is 13.1. The summed E-state index contributed by atoms with van der Waals surface area (Å²) < 4.78 is 16.1. The highest BCUT2D eigenvalue weighted by molar-refractivity contribution is 6.20. The lowest BCUT2D eigenvalue weighted by Gasteiger charge is -2.41. The molecule has 1 N–H and O–H groups in total. The second-order valence-electron chi connectivity index (χ2n) is 7.03. The molecule has 3 aliphatic heterocycles. The van der Waals surface area contributed by atoms with Gasteiger partial charge in [0.1, 0.15) is 5.82 Å². The maximum absolute atomic E-state index is 14.0. The third-order valence-corrected chi connectivity index (χ3v) is 5.67. The summed E-state index contributed by atoms with van der Waals surface area (Å²) in [6.07, 6.45) is 3.11. The number of aromatic nitrogens is 1. The number of halogens is 1. The molecule has 0 saturated carbocycles. The summed E-state index contributed by atoms with van der Waals surface area (Å²) in [5, 5.41) is 5.24. The van der Waals surface area contributed by atoms with Crippen LogP contribution in [0, 0.1) is 5.82 Å². The van der Waals surface area contributed by atoms with Gasteiger partial charge in [0.25, 0.3) is 5.91 Å². The minimum Gasteiger partial charge on any atom is -0.349 e. The summed E-state index contributed by atoms with van der Waals surface area (Å²) in [5.74, 6) is 0.0945. The van der Waals surface area contributed by atoms with Crippen LogP contribution >= 0.6 is 0 Å². The average molecular weight is 312 g/mol. The van der Waals surface area contributed by atoms with Gasteiger partial charge in [0.05, 0.1) is 11.1 Å². The van der Waals surface area contributed by atoms with E-state index in [1.54, 1.807) is 0 Å². The predicted octanol–water partition coefficient (Wildman–Crippen LogP) is 2.13. The van der Waals surface area contributed by atoms with E-state index in [0.29, 0.717) is 5.56 Å². The number of benzene rings is 1. The molecule has 0 radical (unpaired) electrons. The molecule has 6 heteroatoms. The van der Waals surface area contributed by atoms with Gasteiger partial charge >= 0.3 is 0 Å². The normalized spacial score (nSPS) is 25.3. The zero-order chi connectivity index (χ0) is 15.9. The molecular formula is C17H17FN4O. The number of fused-ring (bicyclic) bond motifs is 2. The number of amidine groups is 1. The molecule has 2 aromatic rings. The predicted molar refractivity (Wildman–Crippen MR) is 84.9 cm³/mol. The molecule has 1 aromatic carbocycles. The lowest BCUT2D eigenvalue weighted by atomic mass is 9.86. The van der Waals surface area contributed by atoms with Crippen molar-refractivity contribution in [2.75, 3.05) is 6.54 Å². The van der Waals surface area contributed by atoms with Crippen molar-refractivity contribution < 1.29 is 9.18 Å². The highest BCUT2D eigenvalue weighted by Crippen LogP contribution is 2.43. The van der Waals surface area contributed by atoms with Crippen LogP contribution in [0.4, 0.5) is 4.39 Å². The zero-order valence-electron chi connectivity index (χ0n) is 13.1. The molecule has 3 aliphatic rings. The average Bonchev–Trinajstić information content (AvgIpc) is 2.97. The quantitative estimate of drug-likeness (QED) is 0.810. The molecule has 5 nitrogen and oxygen atoms in total. The topological polar surface area (TPSA) is 49.6 Å². The Morgan fingerprint density at radius 3 is 3.04 bits per heavy atom. The minimum absolute atomic E-state index is 0.0156. The molecule has 4 heterocycles. The van der Waals surface area contributed by atoms with Crippen LogP contribution in [0.15, 0.2) is 17.2 Å². The Bertz CT molecular complexity index is 929. The molecule has 0 aliphatic carbocycles. The molecule has 1 fully saturated rings. The van der Waals surface area contributed by atoms with Crippen LogP contribution in [-0.2, 0) is 13.5 Å². The first-order chi connectivity index (χ1) is 11.0. The number of aryl methyl sites for hydroxylation is 1. The number of hydrazone groups is 1. The number of nitrogens with one attached hydrogen (secondary N) is 1. The third kappa shape index (κ3) is 1.46. The highest BCUT2D eigenvalue weighted by atomic mass is 19.1. The van der Waals surface area contributed by atoms with Gasteiger partial charge in [0.2, 0.25) is 0 Å². The van der Waals surface area contributed by atoms with E-state index in [4.69, 9.17) is 0 Å². The maximum Gasteiger partial charge on any atom is 0.272 e. The summed E-state index contributed by atoms with van der Waals surface area (Å²) in [5.41, 5.74) is 5.90. The largest absolute Gasteiger partial charge is 0.349 e. The Morgan fingerprint density at radius 1 is 1.39 bits per heavy atom. The standard InChI is InChI=1S/C17H17FN4O/c1-17-4-3-5-22(17)15-14-12(8-17)21(2)11-7-9(18)6-10(13(11)14)16(23)20-19-15/h6-7H,3-5,8H2,1-2H3,(H,20,23)/t17-/m1/s1. The lowest BCUT2D eigenvalue weighted by Crippen LogP contribution is -2.51. The Morgan fingerprint density at radius 2 is 2.22 bits per heavy atom. The van der Waals surface area contributed by atoms with Gasteiger partial charge in [-0.15, -0.1) is 0 Å². The van der Waals surface area contributed by atoms with Crippen LogP contribution < -0.4 is 5.43 Å². The van der Waals surface area contributed by atoms with Gasteiger partial charge in [0.15, 0.2) is 5.84 Å². The van der Waals surface area contributed by atoms with E-state index in [1.807, 2.05) is 11.6 Å². The van der Waals surface area contributed by atoms with Crippen molar-refractivity contribution in [3.63, 3.8) is 0 Å². The highest BCUT2D eigenvalue weighted by Gasteiger charge is 2.46. The van der Waals surface area contributed by atoms with Crippen molar-refractivity contribution in [3.8, 4) is 0 Å². The number of hydrogen-bond acceptors (Lipinski definition) is 3. The van der Waals surface area contributed by atoms with Gasteiger partial charge in [-0.3, -0.25) is 4.79 Å². The van der Waals surface area contributed by atoms with E-state index in [1.165, 1.54) is 12.1 Å². The summed E-state index contributed by atoms with van der Waals surface area (Å²) in [6.45, 7) is 3.19. The fourth-order valence-corrected chi connectivity index (χ4v) is 4.55. The van der Waals surface area contributed by atoms with E-state index < -0.39 is 5.82 Å². The molecule has 1 aromatic heterocycles. The van der Waals surface area contributed by atoms with Crippen molar-refractivity contribution in [2.45, 2.75) is 31.7 Å². The Balaban J connectivity index is 1.95. The number of amides is 1. The minimum atomic E-state index is -0.393. The van der Waals surface area contributed by atoms with E-state index in [9.17, 15) is 9.18 Å². The van der Waals surface area contributed by atoms with Crippen molar-refractivity contribution in [1.29, 1.82) is 0 Å². The van der Waals surface area contributed by atoms with Crippen LogP contribution in [0.1, 0.15) is 41.4 Å². The molecule has 23 heavy (non-hydrogen) atoms. The van der Waals surface area contributed by atoms with E-state index in [0.717, 1.165) is 53.8 Å². The molecule has 1 amide bonds. The second kappa shape index (κ2) is 3.93. The summed E-state index contributed by atoms with van der Waals surface area (Å²) in [6, 6.07) is 2.83. The number of carbonyl (C=O) groups is 1. The Kier molecular flexibility index (Phi) is 2.24. The molecule has 0 unspecified atom stereocenters. The van der Waals surface area contributed by atoms with Gasteiger partial charge in [-0.25, -0.2) is 9.82 Å². The first-order valence-electron chi connectivity index (χ1n) is 7.96. The summed E-state index contributed by atoms with van der Waals surface area (Å²) in [7, 11) is 1.95. The number of nitrogens with zero attached hydrogens (tertiary/aromatic N) is 3. The van der Waals surface area contributed by atoms with Gasteiger partial charge in [-0.2, -0.15) is 5.10 Å². The third-order valence-electron chi connectivity index (χ3n) is 5.67. The van der Waals surface area contributed by atoms with E-state index >= 15 is 0 Å². The summed E-state index contributed by atoms with van der Waals surface area (Å²) in [4.78, 5) is 14.7. The number of hydrogen-bond donors (Lipinski definition) is 1. The fraction of sp³-hybridized carbons (Fsp3) is 0.412. The van der Waals surface area contributed by atoms with Gasteiger partial charge in [-0.1, -0.05) is 0 Å². The second-order valence-corrected chi connectivity index (χ2v) is 7.03. The Labute approximate surface area is 132 Å². The van der Waals surface area contributed by atoms with E-state index in [2.05, 4.69) is 22.4 Å². The lowest BCUT2D eigenvalue weighted by molar-refractivity contribution is 0.0955. The molecular weight excluding hydrogens is 295 g/mol. The Hall–Kier alpha value is -2.37. The van der Waals surface area contributed by atoms with Crippen LogP contribution in [0.2, 0.25) is 0 Å². The number of carbonyl (C=O) groups excluding carboxylic acids is 1. The molecule has 0 bridgehead atoms. The summed E-state index contributed by atoms with van der Waals surface area (Å²) >= 11 is 0. The zero-order valence-corrected chi connectivity index (χ0v) is 13.1. The maximum atomic E-state index is 14.0. The molecule has 1 atom stereocenters. The smallest absolute Gasteiger partial charge is 0.272 e. The van der Waals surface area contributed by atoms with Gasteiger partial charge in [0, 0.05) is 42.2 Å². The van der Waals surface area contributed by atoms with Crippen molar-refractivity contribution in [3.05, 3.63) is 34.8 Å². The van der Waals surface area contributed by atoms with Crippen molar-refractivity contribution in [1.82, 2.24) is 14.9 Å².